The number of hydrogen-bond donors (Lipinski definition) is 1. The molecule has 0 aliphatic carbocycles. The Morgan fingerprint density at radius 3 is 2.25 bits per heavy atom. The monoisotopic (exact) mass is 156 g/mol. The molecule has 0 bridgehead atoms. The molecule has 48 valence electrons. The lowest BCUT2D eigenvalue weighted by Crippen LogP contribution is -1.99. The van der Waals surface area contributed by atoms with E-state index in [0.29, 0.717) is 0 Å². The smallest absolute Gasteiger partial charge is 0.268 e. The molecule has 0 aromatic carbocycles. The molecule has 0 aliphatic rings. The predicted octanol–water partition coefficient (Wildman–Crippen LogP) is 0.627. The van der Waals surface area contributed by atoms with Gasteiger partial charge in [0.05, 0.1) is 5.75 Å². The summed E-state index contributed by atoms with van der Waals surface area (Å²) in [5.41, 5.74) is 1.04. The zero-order valence-electron chi connectivity index (χ0n) is 3.91. The molecule has 0 aromatic heterocycles. The molecule has 0 unspecified atom stereocenters. The van der Waals surface area contributed by atoms with Gasteiger partial charge in [0.15, 0.2) is 0 Å². The maximum absolute atomic E-state index is 9.84. The predicted molar refractivity (Wildman–Crippen MR) is 31.4 cm³/mol. The first kappa shape index (κ1) is 7.94. The minimum Gasteiger partial charge on any atom is -0.285 e. The van der Waals surface area contributed by atoms with Crippen LogP contribution in [0.1, 0.15) is 0 Å². The van der Waals surface area contributed by atoms with Crippen molar-refractivity contribution in [1.29, 1.82) is 0 Å². The highest BCUT2D eigenvalue weighted by molar-refractivity contribution is 7.85. The molecule has 0 radical (unpaired) electrons. The van der Waals surface area contributed by atoms with Crippen LogP contribution in [0.15, 0.2) is 11.6 Å². The van der Waals surface area contributed by atoms with E-state index in [2.05, 4.69) is 0 Å². The molecule has 1 N–H and O–H groups in total. The van der Waals surface area contributed by atoms with Crippen molar-refractivity contribution in [3.63, 3.8) is 0 Å². The Labute approximate surface area is 52.7 Å². The minimum absolute atomic E-state index is 0.420. The van der Waals surface area contributed by atoms with Gasteiger partial charge in [-0.1, -0.05) is 17.7 Å². The van der Waals surface area contributed by atoms with Gasteiger partial charge in [0.1, 0.15) is 0 Å². The molecule has 0 amide bonds. The fourth-order valence-corrected chi connectivity index (χ4v) is 0.692. The van der Waals surface area contributed by atoms with E-state index in [-0.39, 0.29) is 0 Å². The molecule has 3 nitrogen and oxygen atoms in total. The van der Waals surface area contributed by atoms with Gasteiger partial charge in [0, 0.05) is 5.54 Å². The number of rotatable bonds is 2. The molecule has 0 heterocycles. The number of halogens is 1. The molecule has 8 heavy (non-hydrogen) atoms. The fourth-order valence-electron chi connectivity index (χ4n) is 0.158. The molecule has 0 saturated heterocycles. The van der Waals surface area contributed by atoms with E-state index in [1.165, 1.54) is 0 Å². The average molecular weight is 157 g/mol. The molecule has 5 heteroatoms. The third kappa shape index (κ3) is 5.94. The van der Waals surface area contributed by atoms with Gasteiger partial charge in [-0.15, -0.1) is 0 Å². The highest BCUT2D eigenvalue weighted by Crippen LogP contribution is 1.84. The van der Waals surface area contributed by atoms with Crippen LogP contribution in [0.4, 0.5) is 0 Å². The second-order valence-corrected chi connectivity index (χ2v) is 2.86. The summed E-state index contributed by atoms with van der Waals surface area (Å²) in [7, 11) is -3.86. The lowest BCUT2D eigenvalue weighted by atomic mass is 10.8. The zero-order valence-corrected chi connectivity index (χ0v) is 5.48. The van der Waals surface area contributed by atoms with Gasteiger partial charge in [-0.05, 0) is 0 Å². The van der Waals surface area contributed by atoms with E-state index in [4.69, 9.17) is 16.2 Å². The first-order valence-electron chi connectivity index (χ1n) is 1.76. The van der Waals surface area contributed by atoms with E-state index in [9.17, 15) is 8.42 Å². The van der Waals surface area contributed by atoms with Crippen molar-refractivity contribution in [2.24, 2.45) is 0 Å². The van der Waals surface area contributed by atoms with Crippen LogP contribution in [-0.2, 0) is 10.1 Å². The molecule has 0 aliphatic heterocycles. The van der Waals surface area contributed by atoms with E-state index < -0.39 is 15.9 Å². The van der Waals surface area contributed by atoms with Gasteiger partial charge in [-0.3, -0.25) is 4.55 Å². The van der Waals surface area contributed by atoms with Crippen molar-refractivity contribution in [3.05, 3.63) is 11.6 Å². The second-order valence-electron chi connectivity index (χ2n) is 1.11. The normalized spacial score (nSPS) is 12.8. The van der Waals surface area contributed by atoms with Crippen molar-refractivity contribution >= 4 is 21.7 Å². The first-order valence-corrected chi connectivity index (χ1v) is 3.81. The van der Waals surface area contributed by atoms with Gasteiger partial charge < -0.3 is 0 Å². The standard InChI is InChI=1S/C3H5ClO3S/c4-2-1-3-8(5,6)7/h1-2H,3H2,(H,5,6,7)/b2-1+. The summed E-state index contributed by atoms with van der Waals surface area (Å²) in [5.74, 6) is -0.420. The van der Waals surface area contributed by atoms with Gasteiger partial charge >= 0.3 is 0 Å². The van der Waals surface area contributed by atoms with Gasteiger partial charge in [0.25, 0.3) is 10.1 Å². The van der Waals surface area contributed by atoms with E-state index in [0.717, 1.165) is 11.6 Å². The largest absolute Gasteiger partial charge is 0.285 e. The molecule has 0 rings (SSSR count). The number of hydrogen-bond acceptors (Lipinski definition) is 2. The van der Waals surface area contributed by atoms with E-state index in [1.54, 1.807) is 0 Å². The quantitative estimate of drug-likeness (QED) is 0.597. The van der Waals surface area contributed by atoms with Crippen LogP contribution in [0.5, 0.6) is 0 Å². The van der Waals surface area contributed by atoms with Crippen LogP contribution >= 0.6 is 11.6 Å². The van der Waals surface area contributed by atoms with Crippen LogP contribution < -0.4 is 0 Å². The maximum atomic E-state index is 9.84. The average Bonchev–Trinajstić information content (AvgIpc) is 1.59. The fraction of sp³-hybridized carbons (Fsp3) is 0.333. The summed E-state index contributed by atoms with van der Waals surface area (Å²) in [6, 6.07) is 0. The zero-order chi connectivity index (χ0) is 6.62. The Bertz CT molecular complexity index is 169. The summed E-state index contributed by atoms with van der Waals surface area (Å²) in [4.78, 5) is 0. The van der Waals surface area contributed by atoms with Crippen LogP contribution in [-0.4, -0.2) is 18.7 Å². The molecule has 0 atom stereocenters. The van der Waals surface area contributed by atoms with Crippen molar-refractivity contribution in [2.45, 2.75) is 0 Å². The van der Waals surface area contributed by atoms with Crippen LogP contribution in [0.2, 0.25) is 0 Å². The Morgan fingerprint density at radius 2 is 2.12 bits per heavy atom. The topological polar surface area (TPSA) is 54.4 Å². The van der Waals surface area contributed by atoms with E-state index in [1.807, 2.05) is 0 Å². The van der Waals surface area contributed by atoms with Crippen LogP contribution in [0, 0.1) is 0 Å². The highest BCUT2D eigenvalue weighted by atomic mass is 35.5. The third-order valence-electron chi connectivity index (χ3n) is 0.396. The summed E-state index contributed by atoms with van der Waals surface area (Å²) in [5, 5.41) is 0. The summed E-state index contributed by atoms with van der Waals surface area (Å²) < 4.78 is 27.7. The second kappa shape index (κ2) is 3.06. The molecule has 0 fully saturated rings. The van der Waals surface area contributed by atoms with Crippen molar-refractivity contribution in [3.8, 4) is 0 Å². The summed E-state index contributed by atoms with van der Waals surface area (Å²) in [6.07, 6.45) is 1.14. The van der Waals surface area contributed by atoms with Gasteiger partial charge in [-0.25, -0.2) is 0 Å². The highest BCUT2D eigenvalue weighted by Gasteiger charge is 1.96. The van der Waals surface area contributed by atoms with Gasteiger partial charge in [-0.2, -0.15) is 8.42 Å². The molecular weight excluding hydrogens is 152 g/mol. The van der Waals surface area contributed by atoms with Crippen molar-refractivity contribution < 1.29 is 13.0 Å². The Kier molecular flexibility index (Phi) is 3.04. The molecule has 0 aromatic rings. The first-order chi connectivity index (χ1) is 3.56. The summed E-state index contributed by atoms with van der Waals surface area (Å²) >= 11 is 4.95. The van der Waals surface area contributed by atoms with Crippen molar-refractivity contribution in [2.75, 3.05) is 5.75 Å². The van der Waals surface area contributed by atoms with Gasteiger partial charge in [0.2, 0.25) is 0 Å². The molecule has 0 saturated carbocycles. The summed E-state index contributed by atoms with van der Waals surface area (Å²) in [6.45, 7) is 0. The Balaban J connectivity index is 3.76. The molecule has 0 spiro atoms. The van der Waals surface area contributed by atoms with Crippen LogP contribution in [0.3, 0.4) is 0 Å². The minimum atomic E-state index is -3.86. The van der Waals surface area contributed by atoms with Crippen LogP contribution in [0.25, 0.3) is 0 Å². The molecular formula is C3H5ClO3S. The lowest BCUT2D eigenvalue weighted by molar-refractivity contribution is 0.487. The van der Waals surface area contributed by atoms with Crippen molar-refractivity contribution in [1.82, 2.24) is 0 Å². The SMILES string of the molecule is O=S(=O)(O)C/C=C/Cl. The Morgan fingerprint density at radius 1 is 1.62 bits per heavy atom. The maximum Gasteiger partial charge on any atom is 0.268 e. The lowest BCUT2D eigenvalue weighted by Gasteiger charge is -1.83. The Hall–Kier alpha value is -0.0600. The third-order valence-corrected chi connectivity index (χ3v) is 1.19. The van der Waals surface area contributed by atoms with E-state index >= 15 is 0 Å².